The molecule has 0 radical (unpaired) electrons. The molecule has 0 aromatic rings. The molecule has 0 heterocycles. The van der Waals surface area contributed by atoms with Gasteiger partial charge in [-0.1, -0.05) is 45.4 Å². The summed E-state index contributed by atoms with van der Waals surface area (Å²) >= 11 is 0. The van der Waals surface area contributed by atoms with Crippen molar-refractivity contribution in [1.29, 1.82) is 0 Å². The minimum Gasteiger partial charge on any atom is -0.393 e. The van der Waals surface area contributed by atoms with E-state index in [1.807, 2.05) is 0 Å². The maximum atomic E-state index is 12.1. The molecule has 24 heavy (non-hydrogen) atoms. The zero-order valence-electron chi connectivity index (χ0n) is 15.4. The minimum atomic E-state index is -1.67. The van der Waals surface area contributed by atoms with Gasteiger partial charge in [0.2, 0.25) is 0 Å². The van der Waals surface area contributed by atoms with Crippen LogP contribution in [0.4, 0.5) is 8.78 Å². The van der Waals surface area contributed by atoms with Crippen LogP contribution < -0.4 is 0 Å². The number of unbranched alkanes of at least 4 members (excludes halogenated alkanes) is 2. The molecule has 1 unspecified atom stereocenters. The standard InChI is InChI=1S/C21H36F2O/c1-2-3-4-5-16-6-8-17(9-7-16)18-10-12-19(13-11-18)20(24)14-15-21(22)23/h15-20,24H,2-14H2,1H3. The average molecular weight is 343 g/mol. The average Bonchev–Trinajstić information content (AvgIpc) is 2.60. The molecule has 0 aromatic carbocycles. The van der Waals surface area contributed by atoms with Gasteiger partial charge in [-0.15, -0.1) is 0 Å². The fourth-order valence-electron chi connectivity index (χ4n) is 5.03. The molecule has 0 saturated heterocycles. The molecule has 0 spiro atoms. The van der Waals surface area contributed by atoms with E-state index in [1.54, 1.807) is 0 Å². The van der Waals surface area contributed by atoms with Crippen molar-refractivity contribution in [2.45, 2.75) is 96.5 Å². The second kappa shape index (κ2) is 10.5. The first-order valence-corrected chi connectivity index (χ1v) is 10.3. The van der Waals surface area contributed by atoms with Gasteiger partial charge in [-0.2, -0.15) is 8.78 Å². The normalized spacial score (nSPS) is 32.3. The van der Waals surface area contributed by atoms with Crippen LogP contribution in [0.5, 0.6) is 0 Å². The smallest absolute Gasteiger partial charge is 0.266 e. The Morgan fingerprint density at radius 3 is 2.08 bits per heavy atom. The SMILES string of the molecule is CCCCCC1CCC(C2CCC(C(O)CC=C(F)F)CC2)CC1. The molecule has 0 aliphatic heterocycles. The van der Waals surface area contributed by atoms with Crippen molar-refractivity contribution in [2.24, 2.45) is 23.7 Å². The maximum absolute atomic E-state index is 12.1. The number of hydrogen-bond acceptors (Lipinski definition) is 1. The molecule has 0 bridgehead atoms. The Labute approximate surface area is 146 Å². The molecule has 2 fully saturated rings. The molecule has 0 amide bonds. The molecule has 0 aromatic heterocycles. The quantitative estimate of drug-likeness (QED) is 0.486. The van der Waals surface area contributed by atoms with Crippen LogP contribution in [-0.2, 0) is 0 Å². The third-order valence-corrected chi connectivity index (χ3v) is 6.65. The Morgan fingerprint density at radius 2 is 1.54 bits per heavy atom. The summed E-state index contributed by atoms with van der Waals surface area (Å²) in [5, 5.41) is 10.1. The fourth-order valence-corrected chi connectivity index (χ4v) is 5.03. The van der Waals surface area contributed by atoms with Crippen LogP contribution in [0, 0.1) is 23.7 Å². The van der Waals surface area contributed by atoms with E-state index in [4.69, 9.17) is 0 Å². The van der Waals surface area contributed by atoms with Crippen LogP contribution in [0.25, 0.3) is 0 Å². The second-order valence-electron chi connectivity index (χ2n) is 8.25. The van der Waals surface area contributed by atoms with Crippen molar-refractivity contribution in [3.05, 3.63) is 12.2 Å². The lowest BCUT2D eigenvalue weighted by atomic mass is 9.68. The lowest BCUT2D eigenvalue weighted by molar-refractivity contribution is 0.0580. The van der Waals surface area contributed by atoms with Crippen LogP contribution in [0.1, 0.15) is 90.4 Å². The molecule has 140 valence electrons. The van der Waals surface area contributed by atoms with Crippen molar-refractivity contribution < 1.29 is 13.9 Å². The number of halogens is 2. The van der Waals surface area contributed by atoms with Crippen LogP contribution in [0.2, 0.25) is 0 Å². The van der Waals surface area contributed by atoms with Crippen LogP contribution in [0.15, 0.2) is 12.2 Å². The summed E-state index contributed by atoms with van der Waals surface area (Å²) in [5.74, 6) is 2.89. The van der Waals surface area contributed by atoms with E-state index in [1.165, 1.54) is 64.2 Å². The second-order valence-corrected chi connectivity index (χ2v) is 8.25. The van der Waals surface area contributed by atoms with Crippen molar-refractivity contribution in [2.75, 3.05) is 0 Å². The number of hydrogen-bond donors (Lipinski definition) is 1. The van der Waals surface area contributed by atoms with E-state index >= 15 is 0 Å². The summed E-state index contributed by atoms with van der Waals surface area (Å²) in [6, 6.07) is 0. The first-order chi connectivity index (χ1) is 11.6. The van der Waals surface area contributed by atoms with E-state index < -0.39 is 12.2 Å². The Bertz CT molecular complexity index is 362. The molecule has 1 nitrogen and oxygen atoms in total. The highest BCUT2D eigenvalue weighted by Gasteiger charge is 2.32. The van der Waals surface area contributed by atoms with E-state index in [0.717, 1.165) is 36.7 Å². The van der Waals surface area contributed by atoms with Gasteiger partial charge in [-0.05, 0) is 74.7 Å². The van der Waals surface area contributed by atoms with E-state index in [-0.39, 0.29) is 12.3 Å². The molecule has 2 aliphatic rings. The first-order valence-electron chi connectivity index (χ1n) is 10.3. The van der Waals surface area contributed by atoms with Gasteiger partial charge in [0, 0.05) is 0 Å². The predicted octanol–water partition coefficient (Wildman–Crippen LogP) is 6.71. The van der Waals surface area contributed by atoms with Crippen molar-refractivity contribution in [1.82, 2.24) is 0 Å². The molecule has 2 saturated carbocycles. The zero-order valence-corrected chi connectivity index (χ0v) is 15.4. The van der Waals surface area contributed by atoms with Gasteiger partial charge < -0.3 is 5.11 Å². The third kappa shape index (κ3) is 6.46. The minimum absolute atomic E-state index is 0.112. The van der Waals surface area contributed by atoms with E-state index in [2.05, 4.69) is 6.92 Å². The van der Waals surface area contributed by atoms with Gasteiger partial charge in [-0.3, -0.25) is 0 Å². The fraction of sp³-hybridized carbons (Fsp3) is 0.905. The molecular formula is C21H36F2O. The van der Waals surface area contributed by atoms with Gasteiger partial charge in [-0.25, -0.2) is 0 Å². The highest BCUT2D eigenvalue weighted by Crippen LogP contribution is 2.43. The zero-order chi connectivity index (χ0) is 17.4. The monoisotopic (exact) mass is 342 g/mol. The van der Waals surface area contributed by atoms with Gasteiger partial charge in [0.05, 0.1) is 6.10 Å². The van der Waals surface area contributed by atoms with E-state index in [9.17, 15) is 13.9 Å². The van der Waals surface area contributed by atoms with Crippen molar-refractivity contribution in [3.8, 4) is 0 Å². The largest absolute Gasteiger partial charge is 0.393 e. The van der Waals surface area contributed by atoms with Crippen LogP contribution >= 0.6 is 0 Å². The van der Waals surface area contributed by atoms with E-state index in [0.29, 0.717) is 0 Å². The van der Waals surface area contributed by atoms with Gasteiger partial charge in [0.1, 0.15) is 0 Å². The number of rotatable bonds is 8. The highest BCUT2D eigenvalue weighted by molar-refractivity contribution is 4.88. The Hall–Kier alpha value is -0.440. The molecule has 2 aliphatic carbocycles. The summed E-state index contributed by atoms with van der Waals surface area (Å²) in [4.78, 5) is 0. The van der Waals surface area contributed by atoms with Crippen molar-refractivity contribution in [3.63, 3.8) is 0 Å². The van der Waals surface area contributed by atoms with Gasteiger partial charge in [0.15, 0.2) is 0 Å². The maximum Gasteiger partial charge on any atom is 0.266 e. The van der Waals surface area contributed by atoms with Gasteiger partial charge >= 0.3 is 0 Å². The Kier molecular flexibility index (Phi) is 8.72. The molecule has 3 heteroatoms. The summed E-state index contributed by atoms with van der Waals surface area (Å²) < 4.78 is 24.3. The summed E-state index contributed by atoms with van der Waals surface area (Å²) in [6.07, 6.45) is 14.3. The van der Waals surface area contributed by atoms with Crippen LogP contribution in [-0.4, -0.2) is 11.2 Å². The summed E-state index contributed by atoms with van der Waals surface area (Å²) in [6.45, 7) is 2.27. The predicted molar refractivity (Wildman–Crippen MR) is 96.0 cm³/mol. The Balaban J connectivity index is 1.65. The molecule has 1 atom stereocenters. The Morgan fingerprint density at radius 1 is 0.958 bits per heavy atom. The molecule has 1 N–H and O–H groups in total. The first kappa shape index (κ1) is 19.9. The van der Waals surface area contributed by atoms with Gasteiger partial charge in [0.25, 0.3) is 6.08 Å². The summed E-state index contributed by atoms with van der Waals surface area (Å²) in [5.41, 5.74) is 0. The summed E-state index contributed by atoms with van der Waals surface area (Å²) in [7, 11) is 0. The highest BCUT2D eigenvalue weighted by atomic mass is 19.3. The lowest BCUT2D eigenvalue weighted by Crippen LogP contribution is -2.30. The lowest BCUT2D eigenvalue weighted by Gasteiger charge is -2.38. The number of aliphatic hydroxyl groups is 1. The molecular weight excluding hydrogens is 306 g/mol. The third-order valence-electron chi connectivity index (χ3n) is 6.65. The van der Waals surface area contributed by atoms with Crippen LogP contribution in [0.3, 0.4) is 0 Å². The number of aliphatic hydroxyl groups excluding tert-OH is 1. The molecule has 2 rings (SSSR count). The van der Waals surface area contributed by atoms with Crippen molar-refractivity contribution >= 4 is 0 Å². The topological polar surface area (TPSA) is 20.2 Å².